The summed E-state index contributed by atoms with van der Waals surface area (Å²) in [6.45, 7) is 2.80. The van der Waals surface area contributed by atoms with Gasteiger partial charge < -0.3 is 25.0 Å². The molecule has 3 aromatic carbocycles. The number of benzene rings is 3. The fourth-order valence-electron chi connectivity index (χ4n) is 4.30. The first-order valence-electron chi connectivity index (χ1n) is 12.0. The van der Waals surface area contributed by atoms with Gasteiger partial charge in [0, 0.05) is 42.8 Å². The number of ether oxygens (including phenoxy) is 2. The van der Waals surface area contributed by atoms with Crippen LogP contribution < -0.4 is 20.1 Å². The van der Waals surface area contributed by atoms with Crippen molar-refractivity contribution >= 4 is 23.3 Å². The first kappa shape index (κ1) is 24.9. The molecule has 1 heterocycles. The number of halogens is 1. The van der Waals surface area contributed by atoms with Gasteiger partial charge in [0.05, 0.1) is 7.11 Å². The topological polar surface area (TPSA) is 62.8 Å². The molecule has 184 valence electrons. The molecule has 2 N–H and O–H groups in total. The Hall–Kier alpha value is -3.22. The molecule has 0 saturated carbocycles. The van der Waals surface area contributed by atoms with Gasteiger partial charge in [0.1, 0.15) is 17.6 Å². The minimum atomic E-state index is -0.192. The van der Waals surface area contributed by atoms with Crippen LogP contribution >= 0.6 is 11.6 Å². The van der Waals surface area contributed by atoms with Crippen LogP contribution in [0.3, 0.4) is 0 Å². The number of urea groups is 1. The molecular weight excluding hydrogens is 462 g/mol. The summed E-state index contributed by atoms with van der Waals surface area (Å²) in [6.07, 6.45) is 2.67. The predicted molar refractivity (Wildman–Crippen MR) is 140 cm³/mol. The van der Waals surface area contributed by atoms with E-state index in [4.69, 9.17) is 21.1 Å². The van der Waals surface area contributed by atoms with Crippen LogP contribution in [0.5, 0.6) is 11.5 Å². The predicted octanol–water partition coefficient (Wildman–Crippen LogP) is 6.14. The summed E-state index contributed by atoms with van der Waals surface area (Å²) in [5, 5.41) is 6.54. The molecule has 1 atom stereocenters. The van der Waals surface area contributed by atoms with Gasteiger partial charge in [-0.2, -0.15) is 0 Å². The fourth-order valence-corrected chi connectivity index (χ4v) is 4.49. The highest BCUT2D eigenvalue weighted by Crippen LogP contribution is 2.27. The molecule has 1 saturated heterocycles. The zero-order valence-electron chi connectivity index (χ0n) is 20.0. The third kappa shape index (κ3) is 7.64. The Morgan fingerprint density at radius 1 is 1.00 bits per heavy atom. The largest absolute Gasteiger partial charge is 0.497 e. The zero-order valence-corrected chi connectivity index (χ0v) is 20.7. The molecule has 6 nitrogen and oxygen atoms in total. The summed E-state index contributed by atoms with van der Waals surface area (Å²) in [4.78, 5) is 14.8. The number of nitrogens with one attached hydrogen (secondary N) is 2. The van der Waals surface area contributed by atoms with E-state index in [0.29, 0.717) is 10.7 Å². The van der Waals surface area contributed by atoms with Gasteiger partial charge in [-0.3, -0.25) is 0 Å². The molecule has 2 amide bonds. The van der Waals surface area contributed by atoms with Crippen LogP contribution in [-0.4, -0.2) is 43.7 Å². The monoisotopic (exact) mass is 493 g/mol. The number of methoxy groups -OCH3 is 1. The SMILES string of the molecule is COc1ccc(OC(CCN2CCC(NC(=O)Nc3cccc(Cl)c3)CC2)c2ccccc2)cc1. The van der Waals surface area contributed by atoms with Gasteiger partial charge in [0.25, 0.3) is 0 Å². The molecule has 7 heteroatoms. The van der Waals surface area contributed by atoms with Gasteiger partial charge in [-0.1, -0.05) is 48.0 Å². The summed E-state index contributed by atoms with van der Waals surface area (Å²) < 4.78 is 11.6. The maximum absolute atomic E-state index is 12.4. The molecule has 0 bridgehead atoms. The quantitative estimate of drug-likeness (QED) is 0.375. The molecule has 4 rings (SSSR count). The number of amides is 2. The average Bonchev–Trinajstić information content (AvgIpc) is 2.88. The van der Waals surface area contributed by atoms with E-state index < -0.39 is 0 Å². The molecule has 1 aliphatic heterocycles. The van der Waals surface area contributed by atoms with Crippen LogP contribution in [0.15, 0.2) is 78.9 Å². The number of rotatable bonds is 9. The fraction of sp³-hybridized carbons (Fsp3) is 0.321. The van der Waals surface area contributed by atoms with E-state index in [1.807, 2.05) is 54.6 Å². The molecular formula is C28H32ClN3O3. The molecule has 0 spiro atoms. The van der Waals surface area contributed by atoms with Gasteiger partial charge in [0.15, 0.2) is 0 Å². The van der Waals surface area contributed by atoms with Crippen molar-refractivity contribution in [1.82, 2.24) is 10.2 Å². The highest BCUT2D eigenvalue weighted by Gasteiger charge is 2.22. The highest BCUT2D eigenvalue weighted by atomic mass is 35.5. The van der Waals surface area contributed by atoms with Crippen molar-refractivity contribution in [1.29, 1.82) is 0 Å². The van der Waals surface area contributed by atoms with E-state index in [-0.39, 0.29) is 18.2 Å². The second-order valence-corrected chi connectivity index (χ2v) is 9.14. The van der Waals surface area contributed by atoms with E-state index in [1.165, 1.54) is 0 Å². The Balaban J connectivity index is 1.26. The molecule has 0 aliphatic carbocycles. The minimum Gasteiger partial charge on any atom is -0.497 e. The maximum atomic E-state index is 12.4. The number of hydrogen-bond acceptors (Lipinski definition) is 4. The Labute approximate surface area is 212 Å². The van der Waals surface area contributed by atoms with Gasteiger partial charge in [-0.05, 0) is 60.9 Å². The van der Waals surface area contributed by atoms with E-state index in [1.54, 1.807) is 19.2 Å². The van der Waals surface area contributed by atoms with Crippen LogP contribution in [-0.2, 0) is 0 Å². The van der Waals surface area contributed by atoms with E-state index in [2.05, 4.69) is 27.7 Å². The van der Waals surface area contributed by atoms with E-state index in [0.717, 1.165) is 56.0 Å². The lowest BCUT2D eigenvalue weighted by atomic mass is 10.0. The number of carbonyl (C=O) groups is 1. The Morgan fingerprint density at radius 3 is 2.40 bits per heavy atom. The van der Waals surface area contributed by atoms with Gasteiger partial charge in [-0.15, -0.1) is 0 Å². The average molecular weight is 494 g/mol. The maximum Gasteiger partial charge on any atom is 0.319 e. The smallest absolute Gasteiger partial charge is 0.319 e. The van der Waals surface area contributed by atoms with Crippen LogP contribution in [0.2, 0.25) is 5.02 Å². The Kier molecular flexibility index (Phi) is 8.87. The Morgan fingerprint density at radius 2 is 1.71 bits per heavy atom. The summed E-state index contributed by atoms with van der Waals surface area (Å²) in [5.74, 6) is 1.64. The van der Waals surface area contributed by atoms with Crippen molar-refractivity contribution in [3.8, 4) is 11.5 Å². The molecule has 1 fully saturated rings. The highest BCUT2D eigenvalue weighted by molar-refractivity contribution is 6.30. The standard InChI is InChI=1S/C28H32ClN3O3/c1-34-25-10-12-26(13-11-25)35-27(21-6-3-2-4-7-21)16-19-32-17-14-23(15-18-32)30-28(33)31-24-9-5-8-22(29)20-24/h2-13,20,23,27H,14-19H2,1H3,(H2,30,31,33). The number of carbonyl (C=O) groups excluding carboxylic acids is 1. The minimum absolute atomic E-state index is 0.0380. The molecule has 1 unspecified atom stereocenters. The van der Waals surface area contributed by atoms with Crippen molar-refractivity contribution in [2.75, 3.05) is 32.1 Å². The third-order valence-electron chi connectivity index (χ3n) is 6.22. The van der Waals surface area contributed by atoms with Crippen molar-refractivity contribution in [3.05, 3.63) is 89.4 Å². The molecule has 0 aromatic heterocycles. The second kappa shape index (κ2) is 12.5. The second-order valence-electron chi connectivity index (χ2n) is 8.71. The van der Waals surface area contributed by atoms with Crippen molar-refractivity contribution < 1.29 is 14.3 Å². The van der Waals surface area contributed by atoms with Crippen LogP contribution in [0.25, 0.3) is 0 Å². The number of piperidine rings is 1. The first-order valence-corrected chi connectivity index (χ1v) is 12.4. The number of hydrogen-bond donors (Lipinski definition) is 2. The summed E-state index contributed by atoms with van der Waals surface area (Å²) in [5.41, 5.74) is 1.86. The summed E-state index contributed by atoms with van der Waals surface area (Å²) in [6, 6.07) is 25.2. The first-order chi connectivity index (χ1) is 17.1. The van der Waals surface area contributed by atoms with E-state index >= 15 is 0 Å². The van der Waals surface area contributed by atoms with Crippen LogP contribution in [0, 0.1) is 0 Å². The van der Waals surface area contributed by atoms with Crippen molar-refractivity contribution in [2.45, 2.75) is 31.4 Å². The molecule has 0 radical (unpaired) electrons. The van der Waals surface area contributed by atoms with Gasteiger partial charge in [0.2, 0.25) is 0 Å². The number of likely N-dealkylation sites (tertiary alicyclic amines) is 1. The molecule has 3 aromatic rings. The normalized spacial score (nSPS) is 15.3. The van der Waals surface area contributed by atoms with Gasteiger partial charge in [-0.25, -0.2) is 4.79 Å². The lowest BCUT2D eigenvalue weighted by molar-refractivity contribution is 0.144. The lowest BCUT2D eigenvalue weighted by Gasteiger charge is -2.33. The van der Waals surface area contributed by atoms with Crippen LogP contribution in [0.4, 0.5) is 10.5 Å². The number of anilines is 1. The third-order valence-corrected chi connectivity index (χ3v) is 6.46. The number of nitrogens with zero attached hydrogens (tertiary/aromatic N) is 1. The summed E-state index contributed by atoms with van der Waals surface area (Å²) >= 11 is 5.99. The summed E-state index contributed by atoms with van der Waals surface area (Å²) in [7, 11) is 1.66. The molecule has 35 heavy (non-hydrogen) atoms. The zero-order chi connectivity index (χ0) is 24.5. The van der Waals surface area contributed by atoms with Gasteiger partial charge >= 0.3 is 6.03 Å². The lowest BCUT2D eigenvalue weighted by Crippen LogP contribution is -2.46. The van der Waals surface area contributed by atoms with Crippen LogP contribution in [0.1, 0.15) is 30.9 Å². The van der Waals surface area contributed by atoms with Crippen molar-refractivity contribution in [2.24, 2.45) is 0 Å². The Bertz CT molecular complexity index is 1070. The van der Waals surface area contributed by atoms with Crippen molar-refractivity contribution in [3.63, 3.8) is 0 Å². The molecule has 1 aliphatic rings. The van der Waals surface area contributed by atoms with E-state index in [9.17, 15) is 4.79 Å².